The van der Waals surface area contributed by atoms with E-state index in [0.717, 1.165) is 25.7 Å². The van der Waals surface area contributed by atoms with E-state index in [9.17, 15) is 14.7 Å². The number of carbonyl (C=O) groups excluding carboxylic acids is 1. The van der Waals surface area contributed by atoms with E-state index in [1.54, 1.807) is 0 Å². The molecule has 8 nitrogen and oxygen atoms in total. The average Bonchev–Trinajstić information content (AvgIpc) is 3.50. The minimum absolute atomic E-state index is 0. The van der Waals surface area contributed by atoms with Gasteiger partial charge in [0.05, 0.1) is 5.56 Å². The lowest BCUT2D eigenvalue weighted by atomic mass is 9.96. The van der Waals surface area contributed by atoms with Crippen molar-refractivity contribution < 1.29 is 9.90 Å². The van der Waals surface area contributed by atoms with Gasteiger partial charge in [0.25, 0.3) is 11.5 Å². The second-order valence-corrected chi connectivity index (χ2v) is 9.13. The molecule has 2 aromatic rings. The molecule has 2 aliphatic rings. The molecule has 0 atom stereocenters. The third kappa shape index (κ3) is 4.27. The van der Waals surface area contributed by atoms with Crippen molar-refractivity contribution >= 4 is 35.9 Å². The number of hydrogen-bond donors (Lipinski definition) is 3. The summed E-state index contributed by atoms with van der Waals surface area (Å²) >= 11 is 0. The number of halogens is 1. The summed E-state index contributed by atoms with van der Waals surface area (Å²) in [5.41, 5.74) is 6.07. The predicted octanol–water partition coefficient (Wildman–Crippen LogP) is 2.57. The van der Waals surface area contributed by atoms with Gasteiger partial charge in [0.2, 0.25) is 5.88 Å². The highest BCUT2D eigenvalue weighted by molar-refractivity contribution is 5.97. The van der Waals surface area contributed by atoms with Crippen LogP contribution in [0.25, 0.3) is 11.7 Å². The van der Waals surface area contributed by atoms with Crippen molar-refractivity contribution in [1.82, 2.24) is 19.5 Å². The number of rotatable bonds is 5. The summed E-state index contributed by atoms with van der Waals surface area (Å²) in [7, 11) is 0. The van der Waals surface area contributed by atoms with Crippen LogP contribution in [0.4, 0.5) is 5.82 Å². The molecule has 9 heteroatoms. The highest BCUT2D eigenvalue weighted by Gasteiger charge is 2.31. The summed E-state index contributed by atoms with van der Waals surface area (Å²) in [6.45, 7) is 6.37. The van der Waals surface area contributed by atoms with Crippen LogP contribution in [0, 0.1) is 11.3 Å². The molecule has 4 rings (SSSR count). The minimum atomic E-state index is -0.571. The Hall–Kier alpha value is -2.48. The van der Waals surface area contributed by atoms with E-state index in [4.69, 9.17) is 5.73 Å². The second kappa shape index (κ2) is 7.40. The number of anilines is 1. The van der Waals surface area contributed by atoms with Gasteiger partial charge in [0, 0.05) is 12.6 Å². The molecule has 2 fully saturated rings. The molecule has 2 heterocycles. The van der Waals surface area contributed by atoms with Gasteiger partial charge in [-0.2, -0.15) is 4.52 Å². The smallest absolute Gasteiger partial charge is 0.270 e. The standard InChI is InChI=1S/C20H27N5O3.ClH/c1-20(2,3)10-24-17-13(9-6-11-4-5-11)15(21)23-25(17)19(28)14(18(24)27)16(26)22-12-7-8-12;/h6,9,11-12,28H,4-5,7-8,10H2,1-3H3,(H2,21,23)(H,22,26);1H. The van der Waals surface area contributed by atoms with Crippen LogP contribution in [0.15, 0.2) is 10.9 Å². The molecule has 158 valence electrons. The highest BCUT2D eigenvalue weighted by atomic mass is 35.5. The number of hydrogen-bond acceptors (Lipinski definition) is 5. The Morgan fingerprint density at radius 1 is 1.31 bits per heavy atom. The van der Waals surface area contributed by atoms with Crippen molar-refractivity contribution in [3.05, 3.63) is 27.6 Å². The molecule has 1 amide bonds. The maximum absolute atomic E-state index is 13.3. The fourth-order valence-corrected chi connectivity index (χ4v) is 3.26. The molecule has 2 aliphatic carbocycles. The van der Waals surface area contributed by atoms with Gasteiger partial charge in [-0.05, 0) is 37.0 Å². The van der Waals surface area contributed by atoms with Crippen molar-refractivity contribution in [2.24, 2.45) is 11.3 Å². The van der Waals surface area contributed by atoms with E-state index in [1.807, 2.05) is 26.8 Å². The summed E-state index contributed by atoms with van der Waals surface area (Å²) in [6.07, 6.45) is 7.98. The maximum atomic E-state index is 13.3. The zero-order valence-corrected chi connectivity index (χ0v) is 17.8. The lowest BCUT2D eigenvalue weighted by Gasteiger charge is -2.22. The van der Waals surface area contributed by atoms with Crippen molar-refractivity contribution in [2.75, 3.05) is 5.73 Å². The molecule has 29 heavy (non-hydrogen) atoms. The summed E-state index contributed by atoms with van der Waals surface area (Å²) in [5, 5.41) is 17.7. The number of nitrogens with zero attached hydrogens (tertiary/aromatic N) is 3. The molecule has 0 saturated heterocycles. The van der Waals surface area contributed by atoms with E-state index >= 15 is 0 Å². The molecule has 2 saturated carbocycles. The van der Waals surface area contributed by atoms with Crippen molar-refractivity contribution in [1.29, 1.82) is 0 Å². The van der Waals surface area contributed by atoms with E-state index in [1.165, 1.54) is 9.08 Å². The number of amides is 1. The Morgan fingerprint density at radius 3 is 2.52 bits per heavy atom. The number of nitrogens with two attached hydrogens (primary N) is 1. The van der Waals surface area contributed by atoms with Crippen molar-refractivity contribution in [2.45, 2.75) is 59.0 Å². The van der Waals surface area contributed by atoms with E-state index in [-0.39, 0.29) is 35.2 Å². The lowest BCUT2D eigenvalue weighted by Crippen LogP contribution is -2.37. The van der Waals surface area contributed by atoms with Gasteiger partial charge in [-0.25, -0.2) is 0 Å². The SMILES string of the molecule is CC(C)(C)Cn1c(=O)c(C(=O)NC2CC2)c(O)n2nc(N)c(C=CC3CC3)c12.Cl. The summed E-state index contributed by atoms with van der Waals surface area (Å²) < 4.78 is 2.73. The third-order valence-electron chi connectivity index (χ3n) is 4.99. The van der Waals surface area contributed by atoms with Crippen molar-refractivity contribution in [3.8, 4) is 5.88 Å². The Bertz CT molecular complexity index is 1040. The fraction of sp³-hybridized carbons (Fsp3) is 0.550. The van der Waals surface area contributed by atoms with E-state index < -0.39 is 17.3 Å². The van der Waals surface area contributed by atoms with Crippen LogP contribution in [0.1, 0.15) is 62.4 Å². The number of nitrogens with one attached hydrogen (secondary N) is 1. The largest absolute Gasteiger partial charge is 0.492 e. The van der Waals surface area contributed by atoms with Gasteiger partial charge in [-0.3, -0.25) is 14.2 Å². The highest BCUT2D eigenvalue weighted by Crippen LogP contribution is 2.33. The monoisotopic (exact) mass is 421 g/mol. The van der Waals surface area contributed by atoms with Crippen molar-refractivity contribution in [3.63, 3.8) is 0 Å². The lowest BCUT2D eigenvalue weighted by molar-refractivity contribution is 0.0944. The first-order chi connectivity index (χ1) is 13.2. The van der Waals surface area contributed by atoms with Crippen LogP contribution >= 0.6 is 12.4 Å². The maximum Gasteiger partial charge on any atom is 0.270 e. The molecule has 0 spiro atoms. The molecular weight excluding hydrogens is 394 g/mol. The van der Waals surface area contributed by atoms with Gasteiger partial charge in [0.1, 0.15) is 0 Å². The summed E-state index contributed by atoms with van der Waals surface area (Å²) in [4.78, 5) is 25.9. The minimum Gasteiger partial charge on any atom is -0.492 e. The fourth-order valence-electron chi connectivity index (χ4n) is 3.26. The van der Waals surface area contributed by atoms with Gasteiger partial charge in [-0.15, -0.1) is 17.5 Å². The molecule has 0 aliphatic heterocycles. The first-order valence-electron chi connectivity index (χ1n) is 9.79. The van der Waals surface area contributed by atoms with Crippen LogP contribution in [-0.4, -0.2) is 31.2 Å². The van der Waals surface area contributed by atoms with Gasteiger partial charge < -0.3 is 16.2 Å². The molecular formula is C20H28ClN5O3. The van der Waals surface area contributed by atoms with Crippen LogP contribution in [-0.2, 0) is 6.54 Å². The quantitative estimate of drug-likeness (QED) is 0.686. The zero-order chi connectivity index (χ0) is 20.2. The Morgan fingerprint density at radius 2 is 1.97 bits per heavy atom. The number of nitrogen functional groups attached to an aromatic ring is 1. The number of carbonyl (C=O) groups is 1. The van der Waals surface area contributed by atoms with Crippen LogP contribution in [0.2, 0.25) is 0 Å². The van der Waals surface area contributed by atoms with Crippen LogP contribution in [0.5, 0.6) is 5.88 Å². The summed E-state index contributed by atoms with van der Waals surface area (Å²) in [5.74, 6) is -0.303. The number of aromatic nitrogens is 3. The van der Waals surface area contributed by atoms with Crippen LogP contribution in [0.3, 0.4) is 0 Å². The Kier molecular flexibility index (Phi) is 5.42. The summed E-state index contributed by atoms with van der Waals surface area (Å²) in [6, 6.07) is 0.0674. The predicted molar refractivity (Wildman–Crippen MR) is 114 cm³/mol. The first-order valence-corrected chi connectivity index (χ1v) is 9.79. The number of fused-ring (bicyclic) bond motifs is 1. The molecule has 2 aromatic heterocycles. The van der Waals surface area contributed by atoms with Gasteiger partial charge >= 0.3 is 0 Å². The second-order valence-electron chi connectivity index (χ2n) is 9.13. The van der Waals surface area contributed by atoms with Gasteiger partial charge in [0.15, 0.2) is 17.0 Å². The molecule has 0 aromatic carbocycles. The van der Waals surface area contributed by atoms with E-state index in [2.05, 4.69) is 16.5 Å². The number of aromatic hydroxyl groups is 1. The molecule has 0 unspecified atom stereocenters. The topological polar surface area (TPSA) is 115 Å². The first kappa shape index (κ1) is 21.2. The number of allylic oxidation sites excluding steroid dienone is 1. The Balaban J connectivity index is 0.00000240. The third-order valence-corrected chi connectivity index (χ3v) is 4.99. The van der Waals surface area contributed by atoms with Gasteiger partial charge in [-0.1, -0.05) is 32.9 Å². The van der Waals surface area contributed by atoms with E-state index in [0.29, 0.717) is 23.7 Å². The van der Waals surface area contributed by atoms with Crippen LogP contribution < -0.4 is 16.6 Å². The zero-order valence-electron chi connectivity index (χ0n) is 16.9. The molecule has 0 radical (unpaired) electrons. The average molecular weight is 422 g/mol. The molecule has 4 N–H and O–H groups in total. The molecule has 0 bridgehead atoms. The Labute approximate surface area is 175 Å². The normalized spacial score (nSPS) is 16.9.